The Labute approximate surface area is 255 Å². The number of carbonyl (C=O) groups excluding carboxylic acids is 2. The molecule has 0 fully saturated rings. The first-order chi connectivity index (χ1) is 19.0. The molecule has 0 spiro atoms. The SMILES string of the molecule is O=C(O)CC(NC(=O)CNC(=O)CCCCNc1ccccn1)c1ccc(-c2ccc3ccccc3c2)cc1.[Na]. The summed E-state index contributed by atoms with van der Waals surface area (Å²) in [4.78, 5) is 40.3. The normalized spacial score (nSPS) is 11.2. The van der Waals surface area contributed by atoms with Gasteiger partial charge in [0.25, 0.3) is 0 Å². The number of pyridine rings is 1. The van der Waals surface area contributed by atoms with Crippen LogP contribution in [0.1, 0.15) is 37.3 Å². The van der Waals surface area contributed by atoms with Crippen LogP contribution in [0.2, 0.25) is 0 Å². The molecule has 4 rings (SSSR count). The number of unbranched alkanes of at least 4 members (excludes halogenated alkanes) is 1. The van der Waals surface area contributed by atoms with Crippen LogP contribution in [0.25, 0.3) is 21.9 Å². The second-order valence-corrected chi connectivity index (χ2v) is 9.28. The Kier molecular flexibility index (Phi) is 12.1. The van der Waals surface area contributed by atoms with Crippen molar-refractivity contribution in [3.8, 4) is 11.1 Å². The van der Waals surface area contributed by atoms with E-state index >= 15 is 0 Å². The van der Waals surface area contributed by atoms with E-state index in [0.29, 0.717) is 24.9 Å². The Balaban J connectivity index is 0.00000441. The molecule has 0 saturated heterocycles. The summed E-state index contributed by atoms with van der Waals surface area (Å²) in [6.45, 7) is 0.484. The van der Waals surface area contributed by atoms with Gasteiger partial charge in [-0.1, -0.05) is 66.7 Å². The maximum atomic E-state index is 12.5. The molecule has 3 aromatic carbocycles. The number of anilines is 1. The van der Waals surface area contributed by atoms with E-state index in [9.17, 15) is 19.5 Å². The van der Waals surface area contributed by atoms with Gasteiger partial charge in [-0.15, -0.1) is 0 Å². The van der Waals surface area contributed by atoms with Crippen molar-refractivity contribution in [2.45, 2.75) is 31.7 Å². The summed E-state index contributed by atoms with van der Waals surface area (Å²) in [6.07, 6.45) is 3.19. The van der Waals surface area contributed by atoms with Crippen molar-refractivity contribution in [2.75, 3.05) is 18.4 Å². The third-order valence-electron chi connectivity index (χ3n) is 6.36. The van der Waals surface area contributed by atoms with E-state index in [4.69, 9.17) is 0 Å². The topological polar surface area (TPSA) is 120 Å². The minimum Gasteiger partial charge on any atom is -0.481 e. The number of amides is 2. The van der Waals surface area contributed by atoms with Gasteiger partial charge in [-0.2, -0.15) is 0 Å². The number of rotatable bonds is 13. The monoisotopic (exact) mass is 547 g/mol. The molecule has 1 aromatic heterocycles. The largest absolute Gasteiger partial charge is 0.481 e. The molecule has 40 heavy (non-hydrogen) atoms. The number of carboxylic acids is 1. The molecule has 1 heterocycles. The van der Waals surface area contributed by atoms with Crippen LogP contribution >= 0.6 is 0 Å². The van der Waals surface area contributed by atoms with Crippen molar-refractivity contribution in [1.82, 2.24) is 15.6 Å². The van der Waals surface area contributed by atoms with Gasteiger partial charge in [-0.25, -0.2) is 4.98 Å². The minimum absolute atomic E-state index is 0. The molecule has 9 heteroatoms. The van der Waals surface area contributed by atoms with Crippen LogP contribution in [-0.2, 0) is 14.4 Å². The Hall–Kier alpha value is -3.72. The number of aromatic nitrogens is 1. The predicted octanol–water partition coefficient (Wildman–Crippen LogP) is 4.55. The molecule has 1 unspecified atom stereocenters. The second-order valence-electron chi connectivity index (χ2n) is 9.28. The number of hydrogen-bond donors (Lipinski definition) is 4. The maximum absolute atomic E-state index is 12.5. The van der Waals surface area contributed by atoms with E-state index in [2.05, 4.69) is 45.2 Å². The second kappa shape index (κ2) is 15.8. The number of nitrogens with zero attached hydrogens (tertiary/aromatic N) is 1. The van der Waals surface area contributed by atoms with Crippen LogP contribution in [0, 0.1) is 0 Å². The molecule has 0 aliphatic rings. The zero-order chi connectivity index (χ0) is 27.5. The van der Waals surface area contributed by atoms with E-state index in [-0.39, 0.29) is 48.4 Å². The summed E-state index contributed by atoms with van der Waals surface area (Å²) in [5, 5.41) is 20.2. The predicted molar refractivity (Wildman–Crippen MR) is 158 cm³/mol. The van der Waals surface area contributed by atoms with Gasteiger partial charge in [0.05, 0.1) is 19.0 Å². The van der Waals surface area contributed by atoms with Crippen molar-refractivity contribution in [2.24, 2.45) is 0 Å². The van der Waals surface area contributed by atoms with Gasteiger partial charge in [0.1, 0.15) is 5.82 Å². The van der Waals surface area contributed by atoms with Crippen LogP contribution in [0.5, 0.6) is 0 Å². The minimum atomic E-state index is -1.03. The van der Waals surface area contributed by atoms with E-state index in [1.54, 1.807) is 6.20 Å². The molecular weight excluding hydrogens is 515 g/mol. The zero-order valence-corrected chi connectivity index (χ0v) is 24.6. The van der Waals surface area contributed by atoms with E-state index in [0.717, 1.165) is 34.1 Å². The fraction of sp³-hybridized carbons (Fsp3) is 0.226. The first-order valence-electron chi connectivity index (χ1n) is 13.0. The van der Waals surface area contributed by atoms with Crippen molar-refractivity contribution >= 4 is 63.9 Å². The Morgan fingerprint density at radius 3 is 2.25 bits per heavy atom. The summed E-state index contributed by atoms with van der Waals surface area (Å²) in [5.74, 6) is -0.900. The fourth-order valence-electron chi connectivity index (χ4n) is 4.31. The number of hydrogen-bond acceptors (Lipinski definition) is 5. The van der Waals surface area contributed by atoms with Crippen molar-refractivity contribution in [3.05, 3.63) is 96.7 Å². The van der Waals surface area contributed by atoms with Crippen LogP contribution in [-0.4, -0.2) is 70.5 Å². The fourth-order valence-corrected chi connectivity index (χ4v) is 4.31. The summed E-state index contributed by atoms with van der Waals surface area (Å²) < 4.78 is 0. The molecule has 1 atom stereocenters. The molecule has 1 radical (unpaired) electrons. The van der Waals surface area contributed by atoms with Crippen LogP contribution < -0.4 is 16.0 Å². The first-order valence-corrected chi connectivity index (χ1v) is 13.0. The number of benzene rings is 3. The van der Waals surface area contributed by atoms with E-state index < -0.39 is 17.9 Å². The van der Waals surface area contributed by atoms with Crippen molar-refractivity contribution < 1.29 is 19.5 Å². The molecule has 0 bridgehead atoms. The van der Waals surface area contributed by atoms with Crippen LogP contribution in [0.15, 0.2) is 91.1 Å². The standard InChI is InChI=1S/C31H32N4O4.Na/c36-29(10-4-6-18-33-28-9-3-5-17-32-28)34-21-30(37)35-27(20-31(38)39)24-14-11-23(12-15-24)26-16-13-22-7-1-2-8-25(22)19-26;/h1-3,5,7-9,11-17,19,27H,4,6,10,18,20-21H2,(H,32,33)(H,34,36)(H,35,37)(H,38,39);. The molecule has 2 amide bonds. The van der Waals surface area contributed by atoms with E-state index in [1.807, 2.05) is 60.7 Å². The van der Waals surface area contributed by atoms with Gasteiger partial charge >= 0.3 is 5.97 Å². The molecule has 201 valence electrons. The summed E-state index contributed by atoms with van der Waals surface area (Å²) in [7, 11) is 0. The Bertz CT molecular complexity index is 1410. The van der Waals surface area contributed by atoms with Crippen LogP contribution in [0.4, 0.5) is 5.82 Å². The molecular formula is C31H32N4NaO4. The van der Waals surface area contributed by atoms with E-state index in [1.165, 1.54) is 0 Å². The summed E-state index contributed by atoms with van der Waals surface area (Å²) >= 11 is 0. The molecule has 8 nitrogen and oxygen atoms in total. The van der Waals surface area contributed by atoms with Crippen LogP contribution in [0.3, 0.4) is 0 Å². The molecule has 0 aliphatic heterocycles. The van der Waals surface area contributed by atoms with Crippen molar-refractivity contribution in [1.29, 1.82) is 0 Å². The Morgan fingerprint density at radius 2 is 1.52 bits per heavy atom. The summed E-state index contributed by atoms with van der Waals surface area (Å²) in [6, 6.07) is 26.8. The molecule has 0 saturated carbocycles. The van der Waals surface area contributed by atoms with Gasteiger partial charge in [0.2, 0.25) is 11.8 Å². The maximum Gasteiger partial charge on any atom is 0.305 e. The van der Waals surface area contributed by atoms with Gasteiger partial charge in [0, 0.05) is 48.7 Å². The number of nitrogens with one attached hydrogen (secondary N) is 3. The number of fused-ring (bicyclic) bond motifs is 1. The van der Waals surface area contributed by atoms with Crippen molar-refractivity contribution in [3.63, 3.8) is 0 Å². The van der Waals surface area contributed by atoms with Gasteiger partial charge < -0.3 is 21.1 Å². The van der Waals surface area contributed by atoms with Gasteiger partial charge in [0.15, 0.2) is 0 Å². The average Bonchev–Trinajstić information content (AvgIpc) is 2.96. The first kappa shape index (κ1) is 30.8. The Morgan fingerprint density at radius 1 is 0.800 bits per heavy atom. The third kappa shape index (κ3) is 9.48. The zero-order valence-electron chi connectivity index (χ0n) is 22.6. The van der Waals surface area contributed by atoms with Gasteiger partial charge in [-0.05, 0) is 58.5 Å². The number of carboxylic acid groups (broad SMARTS) is 1. The smallest absolute Gasteiger partial charge is 0.305 e. The quantitative estimate of drug-likeness (QED) is 0.144. The average molecular weight is 548 g/mol. The molecule has 4 N–H and O–H groups in total. The molecule has 0 aliphatic carbocycles. The number of aliphatic carboxylic acids is 1. The summed E-state index contributed by atoms with van der Waals surface area (Å²) in [5.41, 5.74) is 2.73. The van der Waals surface area contributed by atoms with Gasteiger partial charge in [-0.3, -0.25) is 14.4 Å². The number of carbonyl (C=O) groups is 3. The third-order valence-corrected chi connectivity index (χ3v) is 6.36. The molecule has 4 aromatic rings.